The van der Waals surface area contributed by atoms with Gasteiger partial charge < -0.3 is 14.7 Å². The van der Waals surface area contributed by atoms with Crippen molar-refractivity contribution in [2.24, 2.45) is 0 Å². The Hall–Kier alpha value is -2.04. The van der Waals surface area contributed by atoms with Crippen LogP contribution in [0.5, 0.6) is 0 Å². The lowest BCUT2D eigenvalue weighted by atomic mass is 9.86. The first-order valence-corrected chi connectivity index (χ1v) is 7.58. The lowest BCUT2D eigenvalue weighted by molar-refractivity contribution is 0.0204. The minimum absolute atomic E-state index is 0.172. The van der Waals surface area contributed by atoms with Gasteiger partial charge in [0.15, 0.2) is 0 Å². The first kappa shape index (κ1) is 16.3. The van der Waals surface area contributed by atoms with Gasteiger partial charge in [0.05, 0.1) is 5.56 Å². The fourth-order valence-electron chi connectivity index (χ4n) is 2.75. The number of amides is 1. The number of rotatable bonds is 2. The van der Waals surface area contributed by atoms with Gasteiger partial charge in [0.1, 0.15) is 5.60 Å². The summed E-state index contributed by atoms with van der Waals surface area (Å²) in [6.07, 6.45) is 1.21. The Morgan fingerprint density at radius 3 is 2.32 bits per heavy atom. The lowest BCUT2D eigenvalue weighted by Crippen LogP contribution is -2.41. The van der Waals surface area contributed by atoms with Crippen molar-refractivity contribution in [2.45, 2.75) is 45.1 Å². The second kappa shape index (κ2) is 6.38. The molecule has 0 aromatic heterocycles. The summed E-state index contributed by atoms with van der Waals surface area (Å²) < 4.78 is 5.37. The molecule has 1 aromatic rings. The molecule has 5 heteroatoms. The highest BCUT2D eigenvalue weighted by atomic mass is 16.6. The molecular weight excluding hydrogens is 282 g/mol. The van der Waals surface area contributed by atoms with Crippen LogP contribution in [-0.2, 0) is 4.74 Å². The number of hydrogen-bond acceptors (Lipinski definition) is 3. The molecule has 1 N–H and O–H groups in total. The van der Waals surface area contributed by atoms with E-state index < -0.39 is 11.6 Å². The van der Waals surface area contributed by atoms with Crippen LogP contribution in [0.1, 0.15) is 55.5 Å². The molecule has 120 valence electrons. The molecule has 0 bridgehead atoms. The van der Waals surface area contributed by atoms with Gasteiger partial charge in [-0.05, 0) is 51.2 Å². The van der Waals surface area contributed by atoms with Gasteiger partial charge in [-0.2, -0.15) is 0 Å². The number of nitrogens with zero attached hydrogens (tertiary/aromatic N) is 1. The van der Waals surface area contributed by atoms with Crippen molar-refractivity contribution < 1.29 is 19.4 Å². The zero-order valence-corrected chi connectivity index (χ0v) is 13.3. The van der Waals surface area contributed by atoms with Crippen LogP contribution in [0.2, 0.25) is 0 Å². The highest BCUT2D eigenvalue weighted by Gasteiger charge is 2.28. The number of carbonyl (C=O) groups excluding carboxylic acids is 1. The van der Waals surface area contributed by atoms with E-state index in [0.717, 1.165) is 18.4 Å². The average molecular weight is 305 g/mol. The molecule has 0 unspecified atom stereocenters. The van der Waals surface area contributed by atoms with Crippen molar-refractivity contribution in [3.63, 3.8) is 0 Å². The van der Waals surface area contributed by atoms with E-state index in [9.17, 15) is 14.7 Å². The van der Waals surface area contributed by atoms with E-state index in [1.54, 1.807) is 17.0 Å². The summed E-state index contributed by atoms with van der Waals surface area (Å²) >= 11 is 0. The zero-order chi connectivity index (χ0) is 16.3. The molecule has 0 radical (unpaired) electrons. The van der Waals surface area contributed by atoms with Gasteiger partial charge in [0.25, 0.3) is 0 Å². The van der Waals surface area contributed by atoms with E-state index >= 15 is 0 Å². The molecule has 0 atom stereocenters. The number of aromatic carboxylic acids is 1. The van der Waals surface area contributed by atoms with Crippen LogP contribution in [0.4, 0.5) is 4.79 Å². The van der Waals surface area contributed by atoms with E-state index in [4.69, 9.17) is 4.74 Å². The maximum atomic E-state index is 12.0. The summed E-state index contributed by atoms with van der Waals surface area (Å²) in [5.41, 5.74) is 0.723. The molecule has 1 aromatic carbocycles. The normalized spacial score (nSPS) is 16.4. The number of ether oxygens (including phenoxy) is 1. The molecule has 1 amide bonds. The monoisotopic (exact) mass is 305 g/mol. The van der Waals surface area contributed by atoms with Crippen LogP contribution in [0, 0.1) is 0 Å². The van der Waals surface area contributed by atoms with Crippen molar-refractivity contribution in [3.05, 3.63) is 35.4 Å². The molecule has 0 saturated carbocycles. The molecule has 1 fully saturated rings. The zero-order valence-electron chi connectivity index (χ0n) is 13.3. The summed E-state index contributed by atoms with van der Waals surface area (Å²) in [7, 11) is 0. The van der Waals surface area contributed by atoms with E-state index in [0.29, 0.717) is 18.7 Å². The Bertz CT molecular complexity index is 554. The second-order valence-corrected chi connectivity index (χ2v) is 6.63. The van der Waals surface area contributed by atoms with Crippen LogP contribution in [0.3, 0.4) is 0 Å². The molecule has 0 spiro atoms. The van der Waals surface area contributed by atoms with Crippen LogP contribution in [-0.4, -0.2) is 40.8 Å². The summed E-state index contributed by atoms with van der Waals surface area (Å²) in [5, 5.41) is 9.28. The van der Waals surface area contributed by atoms with Gasteiger partial charge >= 0.3 is 12.1 Å². The fourth-order valence-corrected chi connectivity index (χ4v) is 2.75. The second-order valence-electron chi connectivity index (χ2n) is 6.63. The highest BCUT2D eigenvalue weighted by Crippen LogP contribution is 2.31. The predicted molar refractivity (Wildman–Crippen MR) is 83.2 cm³/mol. The first-order valence-electron chi connectivity index (χ1n) is 7.58. The Balaban J connectivity index is 2.01. The van der Waals surface area contributed by atoms with Crippen molar-refractivity contribution in [3.8, 4) is 0 Å². The third-order valence-corrected chi connectivity index (χ3v) is 3.78. The fraction of sp³-hybridized carbons (Fsp3) is 0.529. The Kier molecular flexibility index (Phi) is 4.74. The minimum Gasteiger partial charge on any atom is -0.478 e. The van der Waals surface area contributed by atoms with Crippen LogP contribution >= 0.6 is 0 Å². The maximum absolute atomic E-state index is 12.0. The van der Waals surface area contributed by atoms with Crippen molar-refractivity contribution >= 4 is 12.1 Å². The number of carboxylic acids is 1. The molecule has 1 aliphatic rings. The molecule has 1 aliphatic heterocycles. The number of benzene rings is 1. The van der Waals surface area contributed by atoms with Crippen molar-refractivity contribution in [1.82, 2.24) is 4.90 Å². The quantitative estimate of drug-likeness (QED) is 0.908. The summed E-state index contributed by atoms with van der Waals surface area (Å²) in [6, 6.07) is 7.11. The van der Waals surface area contributed by atoms with Crippen LogP contribution < -0.4 is 0 Å². The van der Waals surface area contributed by atoms with Gasteiger partial charge in [-0.25, -0.2) is 9.59 Å². The molecule has 2 rings (SSSR count). The molecule has 1 heterocycles. The summed E-state index contributed by atoms with van der Waals surface area (Å²) in [5.74, 6) is -0.726. The molecule has 1 saturated heterocycles. The van der Waals surface area contributed by atoms with Crippen LogP contribution in [0.25, 0.3) is 0 Å². The SMILES string of the molecule is CC(C)(C)OC(=O)N1CCC(c2ccccc2C(=O)O)CC1. The largest absolute Gasteiger partial charge is 0.478 e. The molecule has 5 nitrogen and oxygen atoms in total. The van der Waals surface area contributed by atoms with Gasteiger partial charge in [-0.3, -0.25) is 0 Å². The third kappa shape index (κ3) is 4.00. The average Bonchev–Trinajstić information content (AvgIpc) is 2.45. The van der Waals surface area contributed by atoms with E-state index in [1.165, 1.54) is 0 Å². The van der Waals surface area contributed by atoms with Crippen molar-refractivity contribution in [1.29, 1.82) is 0 Å². The van der Waals surface area contributed by atoms with Gasteiger partial charge in [0.2, 0.25) is 0 Å². The lowest BCUT2D eigenvalue weighted by Gasteiger charge is -2.34. The molecule has 22 heavy (non-hydrogen) atoms. The first-order chi connectivity index (χ1) is 10.3. The smallest absolute Gasteiger partial charge is 0.410 e. The minimum atomic E-state index is -0.898. The number of hydrogen-bond donors (Lipinski definition) is 1. The van der Waals surface area contributed by atoms with Crippen LogP contribution in [0.15, 0.2) is 24.3 Å². The summed E-state index contributed by atoms with van der Waals surface area (Å²) in [4.78, 5) is 25.1. The predicted octanol–water partition coefficient (Wildman–Crippen LogP) is 3.50. The Morgan fingerprint density at radius 1 is 1.18 bits per heavy atom. The van der Waals surface area contributed by atoms with Crippen molar-refractivity contribution in [2.75, 3.05) is 13.1 Å². The number of piperidine rings is 1. The third-order valence-electron chi connectivity index (χ3n) is 3.78. The van der Waals surface area contributed by atoms with Gasteiger partial charge in [0, 0.05) is 13.1 Å². The molecular formula is C17H23NO4. The van der Waals surface area contributed by atoms with Gasteiger partial charge in [-0.1, -0.05) is 18.2 Å². The topological polar surface area (TPSA) is 66.8 Å². The number of carbonyl (C=O) groups is 2. The highest BCUT2D eigenvalue weighted by molar-refractivity contribution is 5.89. The number of likely N-dealkylation sites (tertiary alicyclic amines) is 1. The van der Waals surface area contributed by atoms with E-state index in [1.807, 2.05) is 32.9 Å². The van der Waals surface area contributed by atoms with Gasteiger partial charge in [-0.15, -0.1) is 0 Å². The Morgan fingerprint density at radius 2 is 1.77 bits per heavy atom. The standard InChI is InChI=1S/C17H23NO4/c1-17(2,3)22-16(21)18-10-8-12(9-11-18)13-6-4-5-7-14(13)15(19)20/h4-7,12H,8-11H2,1-3H3,(H,19,20). The Labute approximate surface area is 130 Å². The van der Waals surface area contributed by atoms with E-state index in [-0.39, 0.29) is 12.0 Å². The number of carboxylic acid groups (broad SMARTS) is 1. The maximum Gasteiger partial charge on any atom is 0.410 e. The van der Waals surface area contributed by atoms with E-state index in [2.05, 4.69) is 0 Å². The summed E-state index contributed by atoms with van der Waals surface area (Å²) in [6.45, 7) is 6.73. The molecule has 0 aliphatic carbocycles.